The van der Waals surface area contributed by atoms with E-state index in [1.807, 2.05) is 18.2 Å². The van der Waals surface area contributed by atoms with Crippen LogP contribution in [-0.2, 0) is 21.4 Å². The number of hydrogen-bond acceptors (Lipinski definition) is 3. The first-order chi connectivity index (χ1) is 15.0. The number of nitrogens with zero attached hydrogens (tertiary/aromatic N) is 1. The zero-order valence-electron chi connectivity index (χ0n) is 18.8. The lowest BCUT2D eigenvalue weighted by Crippen LogP contribution is -2.51. The molecule has 0 bridgehead atoms. The van der Waals surface area contributed by atoms with Gasteiger partial charge in [-0.1, -0.05) is 61.5 Å². The highest BCUT2D eigenvalue weighted by Gasteiger charge is 2.40. The Kier molecular flexibility index (Phi) is 6.57. The van der Waals surface area contributed by atoms with E-state index in [1.165, 1.54) is 11.1 Å². The van der Waals surface area contributed by atoms with Gasteiger partial charge in [-0.3, -0.25) is 14.5 Å². The van der Waals surface area contributed by atoms with Gasteiger partial charge in [0, 0.05) is 12.0 Å². The highest BCUT2D eigenvalue weighted by atomic mass is 16.2. The number of amides is 1. The number of nitrogens with one attached hydrogen (secondary N) is 1. The second-order valence-electron chi connectivity index (χ2n) is 9.21. The number of Topliss-reactive ketones (excluding diaryl/α,β-unsaturated/α-hetero) is 1. The van der Waals surface area contributed by atoms with Crippen molar-refractivity contribution < 1.29 is 9.59 Å². The summed E-state index contributed by atoms with van der Waals surface area (Å²) >= 11 is 0. The molecule has 1 heterocycles. The lowest BCUT2D eigenvalue weighted by molar-refractivity contribution is -0.125. The lowest BCUT2D eigenvalue weighted by atomic mass is 9.70. The van der Waals surface area contributed by atoms with E-state index >= 15 is 0 Å². The van der Waals surface area contributed by atoms with Gasteiger partial charge in [0.25, 0.3) is 0 Å². The molecule has 1 aliphatic heterocycles. The van der Waals surface area contributed by atoms with Crippen LogP contribution in [0.1, 0.15) is 62.1 Å². The Hall–Kier alpha value is -2.46. The third kappa shape index (κ3) is 4.45. The van der Waals surface area contributed by atoms with Gasteiger partial charge in [-0.2, -0.15) is 0 Å². The predicted molar refractivity (Wildman–Crippen MR) is 124 cm³/mol. The number of benzene rings is 2. The van der Waals surface area contributed by atoms with Crippen LogP contribution in [0.2, 0.25) is 0 Å². The Morgan fingerprint density at radius 2 is 1.71 bits per heavy atom. The Morgan fingerprint density at radius 1 is 1.03 bits per heavy atom. The van der Waals surface area contributed by atoms with Crippen LogP contribution >= 0.6 is 0 Å². The van der Waals surface area contributed by atoms with Crippen molar-refractivity contribution in [2.45, 2.75) is 63.3 Å². The van der Waals surface area contributed by atoms with Gasteiger partial charge in [0.05, 0.1) is 12.0 Å². The molecule has 4 nitrogen and oxygen atoms in total. The molecule has 2 aromatic carbocycles. The van der Waals surface area contributed by atoms with Crippen LogP contribution in [-0.4, -0.2) is 42.3 Å². The minimum absolute atomic E-state index is 0.109. The Labute approximate surface area is 186 Å². The standard InChI is InChI=1S/C27H34N2O2/c1-3-23-24-12-8-7-9-21(24)13-14-25(23)28-26(31)19-29-17-15-27(16-18-29,20(2)30)22-10-5-4-6-11-22/h4-12,23,25H,3,13-19H2,1-2H3,(H,28,31). The van der Waals surface area contributed by atoms with E-state index in [2.05, 4.69) is 53.5 Å². The quantitative estimate of drug-likeness (QED) is 0.764. The minimum Gasteiger partial charge on any atom is -0.352 e. The molecular formula is C27H34N2O2. The van der Waals surface area contributed by atoms with E-state index in [4.69, 9.17) is 0 Å². The lowest BCUT2D eigenvalue weighted by Gasteiger charge is -2.40. The van der Waals surface area contributed by atoms with Gasteiger partial charge in [0.15, 0.2) is 0 Å². The van der Waals surface area contributed by atoms with E-state index in [1.54, 1.807) is 6.92 Å². The molecule has 4 heteroatoms. The molecule has 0 saturated carbocycles. The fraction of sp³-hybridized carbons (Fsp3) is 0.481. The molecule has 31 heavy (non-hydrogen) atoms. The number of hydrogen-bond donors (Lipinski definition) is 1. The van der Waals surface area contributed by atoms with Crippen molar-refractivity contribution in [3.8, 4) is 0 Å². The summed E-state index contributed by atoms with van der Waals surface area (Å²) in [4.78, 5) is 27.7. The molecule has 1 aliphatic carbocycles. The number of carbonyl (C=O) groups is 2. The number of rotatable bonds is 6. The maximum atomic E-state index is 12.9. The molecule has 0 spiro atoms. The van der Waals surface area contributed by atoms with E-state index in [0.717, 1.165) is 50.8 Å². The zero-order chi connectivity index (χ0) is 21.8. The molecule has 2 atom stereocenters. The first-order valence-corrected chi connectivity index (χ1v) is 11.7. The molecule has 1 saturated heterocycles. The van der Waals surface area contributed by atoms with Gasteiger partial charge in [0.2, 0.25) is 5.91 Å². The third-order valence-corrected chi connectivity index (χ3v) is 7.53. The predicted octanol–water partition coefficient (Wildman–Crippen LogP) is 4.23. The van der Waals surface area contributed by atoms with Gasteiger partial charge >= 0.3 is 0 Å². The summed E-state index contributed by atoms with van der Waals surface area (Å²) in [5, 5.41) is 3.34. The van der Waals surface area contributed by atoms with E-state index in [9.17, 15) is 9.59 Å². The van der Waals surface area contributed by atoms with Gasteiger partial charge in [-0.15, -0.1) is 0 Å². The summed E-state index contributed by atoms with van der Waals surface area (Å²) in [7, 11) is 0. The number of carbonyl (C=O) groups excluding carboxylic acids is 2. The van der Waals surface area contributed by atoms with Crippen LogP contribution in [0.15, 0.2) is 54.6 Å². The van der Waals surface area contributed by atoms with Crippen LogP contribution in [0.25, 0.3) is 0 Å². The van der Waals surface area contributed by atoms with E-state index in [-0.39, 0.29) is 17.7 Å². The summed E-state index contributed by atoms with van der Waals surface area (Å²) in [5.41, 5.74) is 3.53. The van der Waals surface area contributed by atoms with Crippen molar-refractivity contribution in [1.82, 2.24) is 10.2 Å². The molecule has 0 radical (unpaired) electrons. The molecule has 2 unspecified atom stereocenters. The maximum Gasteiger partial charge on any atom is 0.234 e. The SMILES string of the molecule is CCC1c2ccccc2CCC1NC(=O)CN1CCC(C(C)=O)(c2ccccc2)CC1. The molecule has 0 aromatic heterocycles. The topological polar surface area (TPSA) is 49.4 Å². The van der Waals surface area contributed by atoms with Gasteiger partial charge < -0.3 is 5.32 Å². The number of ketones is 1. The first-order valence-electron chi connectivity index (χ1n) is 11.7. The van der Waals surface area contributed by atoms with Crippen molar-refractivity contribution in [2.24, 2.45) is 0 Å². The summed E-state index contributed by atoms with van der Waals surface area (Å²) in [6.07, 6.45) is 4.61. The minimum atomic E-state index is -0.408. The smallest absolute Gasteiger partial charge is 0.234 e. The number of fused-ring (bicyclic) bond motifs is 1. The van der Waals surface area contributed by atoms with Crippen molar-refractivity contribution in [3.05, 3.63) is 71.3 Å². The van der Waals surface area contributed by atoms with Crippen molar-refractivity contribution in [3.63, 3.8) is 0 Å². The number of piperidine rings is 1. The third-order valence-electron chi connectivity index (χ3n) is 7.53. The maximum absolute atomic E-state index is 12.9. The largest absolute Gasteiger partial charge is 0.352 e. The molecule has 1 N–H and O–H groups in total. The summed E-state index contributed by atoms with van der Waals surface area (Å²) in [5.74, 6) is 0.728. The van der Waals surface area contributed by atoms with Crippen molar-refractivity contribution in [2.75, 3.05) is 19.6 Å². The number of aryl methyl sites for hydroxylation is 1. The van der Waals surface area contributed by atoms with Crippen LogP contribution in [0.5, 0.6) is 0 Å². The highest BCUT2D eigenvalue weighted by Crippen LogP contribution is 2.37. The average molecular weight is 419 g/mol. The molecule has 4 rings (SSSR count). The fourth-order valence-corrected chi connectivity index (χ4v) is 5.68. The van der Waals surface area contributed by atoms with Crippen LogP contribution < -0.4 is 5.32 Å². The van der Waals surface area contributed by atoms with Crippen molar-refractivity contribution >= 4 is 11.7 Å². The molecule has 1 fully saturated rings. The summed E-state index contributed by atoms with van der Waals surface area (Å²) < 4.78 is 0. The summed E-state index contributed by atoms with van der Waals surface area (Å²) in [6.45, 7) is 5.87. The number of likely N-dealkylation sites (tertiary alicyclic amines) is 1. The Morgan fingerprint density at radius 3 is 2.39 bits per heavy atom. The molecular weight excluding hydrogens is 384 g/mol. The monoisotopic (exact) mass is 418 g/mol. The second-order valence-corrected chi connectivity index (χ2v) is 9.21. The normalized spacial score (nSPS) is 23.0. The fourth-order valence-electron chi connectivity index (χ4n) is 5.68. The summed E-state index contributed by atoms with van der Waals surface area (Å²) in [6, 6.07) is 19.0. The van der Waals surface area contributed by atoms with Crippen molar-refractivity contribution in [1.29, 1.82) is 0 Å². The Balaban J connectivity index is 1.36. The van der Waals surface area contributed by atoms with Crippen LogP contribution in [0, 0.1) is 0 Å². The molecule has 1 amide bonds. The Bertz CT molecular complexity index is 916. The van der Waals surface area contributed by atoms with Crippen LogP contribution in [0.4, 0.5) is 0 Å². The first kappa shape index (κ1) is 21.8. The average Bonchev–Trinajstić information content (AvgIpc) is 2.80. The zero-order valence-corrected chi connectivity index (χ0v) is 18.8. The van der Waals surface area contributed by atoms with Gasteiger partial charge in [0.1, 0.15) is 5.78 Å². The van der Waals surface area contributed by atoms with E-state index < -0.39 is 5.41 Å². The van der Waals surface area contributed by atoms with Crippen LogP contribution in [0.3, 0.4) is 0 Å². The van der Waals surface area contributed by atoms with E-state index in [0.29, 0.717) is 12.5 Å². The molecule has 2 aliphatic rings. The van der Waals surface area contributed by atoms with Gasteiger partial charge in [-0.25, -0.2) is 0 Å². The van der Waals surface area contributed by atoms with Gasteiger partial charge in [-0.05, 0) is 68.8 Å². The molecule has 2 aromatic rings. The second kappa shape index (κ2) is 9.35. The highest BCUT2D eigenvalue weighted by molar-refractivity contribution is 5.88. The molecule has 164 valence electrons.